The summed E-state index contributed by atoms with van der Waals surface area (Å²) in [7, 11) is 0. The summed E-state index contributed by atoms with van der Waals surface area (Å²) in [6, 6.07) is 8.40. The monoisotopic (exact) mass is 319 g/mol. The second-order valence-corrected chi connectivity index (χ2v) is 6.38. The lowest BCUT2D eigenvalue weighted by molar-refractivity contribution is -0.114. The Labute approximate surface area is 129 Å². The van der Waals surface area contributed by atoms with Crippen LogP contribution in [0.3, 0.4) is 0 Å². The van der Waals surface area contributed by atoms with Crippen molar-refractivity contribution < 1.29 is 14.4 Å². The standard InChI is InChI=1S/C15H10ClNO3S/c1-8-5-6-12(21-8)11(18)7-17-10-4-2-3-9(16)13(10)14(19)15(17)20/h2-6H,7H2,1H3. The normalized spacial score (nSPS) is 13.7. The minimum atomic E-state index is -0.709. The van der Waals surface area contributed by atoms with E-state index in [1.54, 1.807) is 24.3 Å². The van der Waals surface area contributed by atoms with Crippen molar-refractivity contribution in [1.29, 1.82) is 0 Å². The van der Waals surface area contributed by atoms with Crippen LogP contribution in [0.1, 0.15) is 24.9 Å². The van der Waals surface area contributed by atoms with Crippen LogP contribution in [0.25, 0.3) is 0 Å². The van der Waals surface area contributed by atoms with E-state index >= 15 is 0 Å². The van der Waals surface area contributed by atoms with Gasteiger partial charge in [-0.25, -0.2) is 0 Å². The maximum absolute atomic E-state index is 12.2. The number of anilines is 1. The lowest BCUT2D eigenvalue weighted by atomic mass is 10.1. The van der Waals surface area contributed by atoms with Gasteiger partial charge in [-0.1, -0.05) is 17.7 Å². The zero-order valence-electron chi connectivity index (χ0n) is 11.1. The quantitative estimate of drug-likeness (QED) is 0.645. The molecular formula is C15H10ClNO3S. The predicted octanol–water partition coefficient (Wildman–Crippen LogP) is 3.12. The lowest BCUT2D eigenvalue weighted by Gasteiger charge is -2.15. The summed E-state index contributed by atoms with van der Waals surface area (Å²) < 4.78 is 0. The highest BCUT2D eigenvalue weighted by Crippen LogP contribution is 2.34. The maximum Gasteiger partial charge on any atom is 0.299 e. The Bertz CT molecular complexity index is 781. The number of nitrogens with zero attached hydrogens (tertiary/aromatic N) is 1. The Morgan fingerprint density at radius 2 is 2.00 bits per heavy atom. The van der Waals surface area contributed by atoms with Crippen LogP contribution in [0.4, 0.5) is 5.69 Å². The first kappa shape index (κ1) is 14.0. The largest absolute Gasteiger partial charge is 0.299 e. The third-order valence-electron chi connectivity index (χ3n) is 3.27. The number of ketones is 2. The molecule has 0 atom stereocenters. The number of benzene rings is 1. The van der Waals surface area contributed by atoms with Crippen molar-refractivity contribution in [3.05, 3.63) is 50.7 Å². The molecule has 21 heavy (non-hydrogen) atoms. The number of Topliss-reactive ketones (excluding diaryl/α,β-unsaturated/α-hetero) is 2. The van der Waals surface area contributed by atoms with Gasteiger partial charge in [-0.2, -0.15) is 0 Å². The third kappa shape index (κ3) is 2.28. The molecule has 0 radical (unpaired) electrons. The van der Waals surface area contributed by atoms with Crippen LogP contribution in [-0.2, 0) is 4.79 Å². The fourth-order valence-electron chi connectivity index (χ4n) is 2.26. The van der Waals surface area contributed by atoms with Gasteiger partial charge >= 0.3 is 0 Å². The molecule has 3 rings (SSSR count). The molecule has 0 fully saturated rings. The molecule has 2 heterocycles. The van der Waals surface area contributed by atoms with Crippen molar-refractivity contribution in [2.75, 3.05) is 11.4 Å². The fourth-order valence-corrected chi connectivity index (χ4v) is 3.32. The number of hydrogen-bond donors (Lipinski definition) is 0. The van der Waals surface area contributed by atoms with Gasteiger partial charge in [0.1, 0.15) is 0 Å². The number of hydrogen-bond acceptors (Lipinski definition) is 4. The molecule has 1 aromatic carbocycles. The topological polar surface area (TPSA) is 54.5 Å². The SMILES string of the molecule is Cc1ccc(C(=O)CN2C(=O)C(=O)c3c(Cl)cccc32)s1. The molecule has 1 aliphatic rings. The Kier molecular flexibility index (Phi) is 3.39. The van der Waals surface area contributed by atoms with Crippen molar-refractivity contribution in [2.24, 2.45) is 0 Å². The molecule has 0 spiro atoms. The first-order valence-corrected chi connectivity index (χ1v) is 7.43. The van der Waals surface area contributed by atoms with Gasteiger partial charge in [0.05, 0.1) is 27.7 Å². The van der Waals surface area contributed by atoms with Crippen LogP contribution >= 0.6 is 22.9 Å². The van der Waals surface area contributed by atoms with Gasteiger partial charge in [-0.3, -0.25) is 19.3 Å². The number of fused-ring (bicyclic) bond motifs is 1. The molecule has 0 saturated carbocycles. The molecule has 1 aromatic heterocycles. The number of aryl methyl sites for hydroxylation is 1. The molecule has 0 N–H and O–H groups in total. The molecule has 6 heteroatoms. The average Bonchev–Trinajstić information content (AvgIpc) is 2.98. The summed E-state index contributed by atoms with van der Waals surface area (Å²) in [5, 5.41) is 0.229. The molecule has 4 nitrogen and oxygen atoms in total. The molecule has 0 unspecified atom stereocenters. The van der Waals surface area contributed by atoms with E-state index in [4.69, 9.17) is 11.6 Å². The maximum atomic E-state index is 12.2. The summed E-state index contributed by atoms with van der Waals surface area (Å²) >= 11 is 7.34. The van der Waals surface area contributed by atoms with E-state index in [2.05, 4.69) is 0 Å². The van der Waals surface area contributed by atoms with Crippen LogP contribution in [0.2, 0.25) is 5.02 Å². The average molecular weight is 320 g/mol. The van der Waals surface area contributed by atoms with Gasteiger partial charge in [0.25, 0.3) is 11.7 Å². The highest BCUT2D eigenvalue weighted by atomic mass is 35.5. The van der Waals surface area contributed by atoms with Gasteiger partial charge in [0.15, 0.2) is 5.78 Å². The van der Waals surface area contributed by atoms with E-state index in [0.717, 1.165) is 4.88 Å². The summed E-state index contributed by atoms with van der Waals surface area (Å²) in [4.78, 5) is 39.0. The van der Waals surface area contributed by atoms with E-state index in [9.17, 15) is 14.4 Å². The Hall–Kier alpha value is -1.98. The van der Waals surface area contributed by atoms with Crippen molar-refractivity contribution >= 4 is 46.1 Å². The number of thiophene rings is 1. The Morgan fingerprint density at radius 1 is 1.24 bits per heavy atom. The lowest BCUT2D eigenvalue weighted by Crippen LogP contribution is -2.34. The van der Waals surface area contributed by atoms with Crippen molar-refractivity contribution in [3.8, 4) is 0 Å². The predicted molar refractivity (Wildman–Crippen MR) is 81.5 cm³/mol. The molecule has 0 aliphatic carbocycles. The van der Waals surface area contributed by atoms with E-state index in [-0.39, 0.29) is 22.9 Å². The van der Waals surface area contributed by atoms with Crippen LogP contribution < -0.4 is 4.90 Å². The number of halogens is 1. The van der Waals surface area contributed by atoms with Crippen molar-refractivity contribution in [2.45, 2.75) is 6.92 Å². The summed E-state index contributed by atoms with van der Waals surface area (Å²) in [5.74, 6) is -1.56. The first-order chi connectivity index (χ1) is 9.99. The molecule has 0 saturated heterocycles. The number of carbonyl (C=O) groups is 3. The Morgan fingerprint density at radius 3 is 2.67 bits per heavy atom. The molecule has 2 aromatic rings. The minimum absolute atomic E-state index is 0.155. The number of rotatable bonds is 3. The van der Waals surface area contributed by atoms with Crippen LogP contribution in [0, 0.1) is 6.92 Å². The van der Waals surface area contributed by atoms with Crippen molar-refractivity contribution in [3.63, 3.8) is 0 Å². The van der Waals surface area contributed by atoms with Gasteiger partial charge in [-0.15, -0.1) is 11.3 Å². The van der Waals surface area contributed by atoms with Gasteiger partial charge in [0.2, 0.25) is 0 Å². The number of amides is 1. The molecular weight excluding hydrogens is 310 g/mol. The van der Waals surface area contributed by atoms with Crippen LogP contribution in [-0.4, -0.2) is 24.0 Å². The smallest absolute Gasteiger partial charge is 0.297 e. The Balaban J connectivity index is 1.94. The highest BCUT2D eigenvalue weighted by Gasteiger charge is 2.38. The van der Waals surface area contributed by atoms with Gasteiger partial charge in [-0.05, 0) is 31.2 Å². The van der Waals surface area contributed by atoms with Crippen LogP contribution in [0.15, 0.2) is 30.3 Å². The van der Waals surface area contributed by atoms with E-state index in [1.807, 2.05) is 13.0 Å². The molecule has 0 bridgehead atoms. The zero-order chi connectivity index (χ0) is 15.1. The summed E-state index contributed by atoms with van der Waals surface area (Å²) in [6.45, 7) is 1.75. The van der Waals surface area contributed by atoms with Crippen molar-refractivity contribution in [1.82, 2.24) is 0 Å². The summed E-state index contributed by atoms with van der Waals surface area (Å²) in [6.07, 6.45) is 0. The number of carbonyl (C=O) groups excluding carboxylic acids is 3. The highest BCUT2D eigenvalue weighted by molar-refractivity contribution is 7.14. The fraction of sp³-hybridized carbons (Fsp3) is 0.133. The zero-order valence-corrected chi connectivity index (χ0v) is 12.6. The van der Waals surface area contributed by atoms with E-state index in [1.165, 1.54) is 16.2 Å². The van der Waals surface area contributed by atoms with Gasteiger partial charge < -0.3 is 0 Å². The third-order valence-corrected chi connectivity index (χ3v) is 4.62. The molecule has 1 amide bonds. The van der Waals surface area contributed by atoms with E-state index in [0.29, 0.717) is 10.6 Å². The second-order valence-electron chi connectivity index (χ2n) is 4.69. The second kappa shape index (κ2) is 5.09. The van der Waals surface area contributed by atoms with Gasteiger partial charge in [0, 0.05) is 4.88 Å². The molecule has 1 aliphatic heterocycles. The van der Waals surface area contributed by atoms with E-state index < -0.39 is 11.7 Å². The molecule has 106 valence electrons. The minimum Gasteiger partial charge on any atom is -0.297 e. The first-order valence-electron chi connectivity index (χ1n) is 6.23. The van der Waals surface area contributed by atoms with Crippen LogP contribution in [0.5, 0.6) is 0 Å². The summed E-state index contributed by atoms with van der Waals surface area (Å²) in [5.41, 5.74) is 0.582.